The van der Waals surface area contributed by atoms with Crippen LogP contribution in [0, 0.1) is 11.7 Å². The molecule has 0 amide bonds. The summed E-state index contributed by atoms with van der Waals surface area (Å²) in [4.78, 5) is 11.6. The van der Waals surface area contributed by atoms with Crippen LogP contribution in [0.2, 0.25) is 0 Å². The molecular formula is C13H15FO2. The normalized spacial score (nSPS) is 16.3. The van der Waals surface area contributed by atoms with Crippen LogP contribution in [0.25, 0.3) is 0 Å². The summed E-state index contributed by atoms with van der Waals surface area (Å²) in [5.74, 6) is -0.464. The molecule has 0 atom stereocenters. The van der Waals surface area contributed by atoms with Gasteiger partial charge < -0.3 is 4.74 Å². The summed E-state index contributed by atoms with van der Waals surface area (Å²) in [5, 5.41) is 0. The van der Waals surface area contributed by atoms with Crippen LogP contribution in [-0.2, 0) is 16.1 Å². The number of carbonyl (C=O) groups excluding carboxylic acids is 1. The van der Waals surface area contributed by atoms with Crippen LogP contribution in [0.15, 0.2) is 24.3 Å². The van der Waals surface area contributed by atoms with Crippen molar-refractivity contribution in [2.45, 2.75) is 32.3 Å². The summed E-state index contributed by atoms with van der Waals surface area (Å²) >= 11 is 0. The van der Waals surface area contributed by atoms with E-state index < -0.39 is 0 Å². The molecule has 1 aromatic rings. The zero-order valence-electron chi connectivity index (χ0n) is 9.12. The Balaban J connectivity index is 1.87. The summed E-state index contributed by atoms with van der Waals surface area (Å²) < 4.78 is 18.3. The fourth-order valence-corrected chi connectivity index (χ4v) is 2.04. The molecule has 1 saturated carbocycles. The van der Waals surface area contributed by atoms with Crippen LogP contribution < -0.4 is 0 Å². The van der Waals surface area contributed by atoms with E-state index in [0.29, 0.717) is 5.56 Å². The maximum atomic E-state index is 13.2. The van der Waals surface area contributed by atoms with E-state index in [0.717, 1.165) is 25.7 Å². The molecule has 0 unspecified atom stereocenters. The zero-order valence-corrected chi connectivity index (χ0v) is 9.12. The Labute approximate surface area is 94.4 Å². The molecule has 2 rings (SSSR count). The Bertz CT molecular complexity index is 370. The zero-order chi connectivity index (χ0) is 11.4. The number of rotatable bonds is 3. The van der Waals surface area contributed by atoms with Crippen molar-refractivity contribution < 1.29 is 13.9 Å². The van der Waals surface area contributed by atoms with Crippen molar-refractivity contribution in [1.29, 1.82) is 0 Å². The van der Waals surface area contributed by atoms with Gasteiger partial charge in [-0.15, -0.1) is 0 Å². The molecule has 0 heterocycles. The number of halogens is 1. The van der Waals surface area contributed by atoms with E-state index >= 15 is 0 Å². The van der Waals surface area contributed by atoms with Gasteiger partial charge in [0.15, 0.2) is 0 Å². The number of hydrogen-bond acceptors (Lipinski definition) is 2. The second kappa shape index (κ2) is 5.10. The van der Waals surface area contributed by atoms with E-state index in [9.17, 15) is 9.18 Å². The van der Waals surface area contributed by atoms with E-state index in [1.807, 2.05) is 0 Å². The van der Waals surface area contributed by atoms with Gasteiger partial charge in [-0.05, 0) is 18.9 Å². The second-order valence-electron chi connectivity index (χ2n) is 4.18. The smallest absolute Gasteiger partial charge is 0.309 e. The lowest BCUT2D eigenvalue weighted by Gasteiger charge is -2.09. The summed E-state index contributed by atoms with van der Waals surface area (Å²) in [7, 11) is 0. The third-order valence-corrected chi connectivity index (χ3v) is 3.02. The van der Waals surface area contributed by atoms with Gasteiger partial charge in [0.25, 0.3) is 0 Å². The SMILES string of the molecule is O=C(OCc1ccccc1F)C1CCCC1. The minimum Gasteiger partial charge on any atom is -0.460 e. The van der Waals surface area contributed by atoms with Gasteiger partial charge in [-0.3, -0.25) is 4.79 Å². The third kappa shape index (κ3) is 2.60. The lowest BCUT2D eigenvalue weighted by molar-refractivity contribution is -0.149. The van der Waals surface area contributed by atoms with Gasteiger partial charge in [0.05, 0.1) is 5.92 Å². The van der Waals surface area contributed by atoms with Gasteiger partial charge in [0.1, 0.15) is 12.4 Å². The Morgan fingerprint density at radius 3 is 2.69 bits per heavy atom. The van der Waals surface area contributed by atoms with E-state index in [2.05, 4.69) is 0 Å². The van der Waals surface area contributed by atoms with Crippen molar-refractivity contribution in [3.8, 4) is 0 Å². The molecule has 0 spiro atoms. The van der Waals surface area contributed by atoms with Crippen LogP contribution in [0.3, 0.4) is 0 Å². The number of esters is 1. The maximum Gasteiger partial charge on any atom is 0.309 e. The maximum absolute atomic E-state index is 13.2. The van der Waals surface area contributed by atoms with Crippen LogP contribution in [-0.4, -0.2) is 5.97 Å². The van der Waals surface area contributed by atoms with E-state index in [-0.39, 0.29) is 24.3 Å². The highest BCUT2D eigenvalue weighted by Gasteiger charge is 2.24. The van der Waals surface area contributed by atoms with Gasteiger partial charge >= 0.3 is 5.97 Å². The van der Waals surface area contributed by atoms with Crippen LogP contribution in [0.1, 0.15) is 31.2 Å². The first-order chi connectivity index (χ1) is 7.77. The number of carbonyl (C=O) groups is 1. The van der Waals surface area contributed by atoms with Crippen molar-refractivity contribution in [2.24, 2.45) is 5.92 Å². The van der Waals surface area contributed by atoms with Crippen molar-refractivity contribution in [1.82, 2.24) is 0 Å². The number of benzene rings is 1. The fraction of sp³-hybridized carbons (Fsp3) is 0.462. The molecule has 1 fully saturated rings. The molecule has 3 heteroatoms. The van der Waals surface area contributed by atoms with Crippen LogP contribution >= 0.6 is 0 Å². The molecule has 0 bridgehead atoms. The van der Waals surface area contributed by atoms with Crippen molar-refractivity contribution in [3.63, 3.8) is 0 Å². The monoisotopic (exact) mass is 222 g/mol. The lowest BCUT2D eigenvalue weighted by atomic mass is 10.1. The highest BCUT2D eigenvalue weighted by atomic mass is 19.1. The molecular weight excluding hydrogens is 207 g/mol. The predicted molar refractivity (Wildman–Crippen MR) is 58.2 cm³/mol. The van der Waals surface area contributed by atoms with Gasteiger partial charge in [-0.1, -0.05) is 31.0 Å². The minimum atomic E-state index is -0.318. The Kier molecular flexibility index (Phi) is 3.54. The standard InChI is InChI=1S/C13H15FO2/c14-12-8-4-3-7-11(12)9-16-13(15)10-5-1-2-6-10/h3-4,7-8,10H,1-2,5-6,9H2. The Morgan fingerprint density at radius 1 is 1.31 bits per heavy atom. The van der Waals surface area contributed by atoms with Crippen LogP contribution in [0.4, 0.5) is 4.39 Å². The van der Waals surface area contributed by atoms with Gasteiger partial charge in [-0.25, -0.2) is 4.39 Å². The summed E-state index contributed by atoms with van der Waals surface area (Å²) in [6.45, 7) is 0.0437. The minimum absolute atomic E-state index is 0.0340. The molecule has 0 N–H and O–H groups in total. The van der Waals surface area contributed by atoms with Crippen molar-refractivity contribution >= 4 is 5.97 Å². The first-order valence-electron chi connectivity index (χ1n) is 5.67. The van der Waals surface area contributed by atoms with Crippen molar-refractivity contribution in [2.75, 3.05) is 0 Å². The number of hydrogen-bond donors (Lipinski definition) is 0. The average molecular weight is 222 g/mol. The van der Waals surface area contributed by atoms with Gasteiger partial charge in [0.2, 0.25) is 0 Å². The highest BCUT2D eigenvalue weighted by Crippen LogP contribution is 2.26. The van der Waals surface area contributed by atoms with Crippen molar-refractivity contribution in [3.05, 3.63) is 35.6 Å². The molecule has 16 heavy (non-hydrogen) atoms. The molecule has 1 aromatic carbocycles. The largest absolute Gasteiger partial charge is 0.460 e. The molecule has 0 saturated heterocycles. The highest BCUT2D eigenvalue weighted by molar-refractivity contribution is 5.72. The summed E-state index contributed by atoms with van der Waals surface area (Å²) in [5.41, 5.74) is 0.439. The first kappa shape index (κ1) is 11.1. The Morgan fingerprint density at radius 2 is 2.00 bits per heavy atom. The quantitative estimate of drug-likeness (QED) is 0.735. The Hall–Kier alpha value is -1.38. The van der Waals surface area contributed by atoms with E-state index in [4.69, 9.17) is 4.74 Å². The molecule has 0 radical (unpaired) electrons. The van der Waals surface area contributed by atoms with Gasteiger partial charge in [0, 0.05) is 5.56 Å². The first-order valence-corrected chi connectivity index (χ1v) is 5.67. The second-order valence-corrected chi connectivity index (χ2v) is 4.18. The summed E-state index contributed by atoms with van der Waals surface area (Å²) in [6, 6.07) is 6.37. The lowest BCUT2D eigenvalue weighted by Crippen LogP contribution is -2.14. The third-order valence-electron chi connectivity index (χ3n) is 3.02. The topological polar surface area (TPSA) is 26.3 Å². The fourth-order valence-electron chi connectivity index (χ4n) is 2.04. The molecule has 0 aliphatic heterocycles. The average Bonchev–Trinajstić information content (AvgIpc) is 2.81. The molecule has 1 aliphatic carbocycles. The molecule has 86 valence electrons. The van der Waals surface area contributed by atoms with E-state index in [1.54, 1.807) is 18.2 Å². The van der Waals surface area contributed by atoms with Gasteiger partial charge in [-0.2, -0.15) is 0 Å². The van der Waals surface area contributed by atoms with Crippen LogP contribution in [0.5, 0.6) is 0 Å². The number of ether oxygens (including phenoxy) is 1. The predicted octanol–water partition coefficient (Wildman–Crippen LogP) is 3.06. The summed E-state index contributed by atoms with van der Waals surface area (Å²) in [6.07, 6.45) is 4.02. The molecule has 1 aliphatic rings. The molecule has 0 aromatic heterocycles. The molecule has 2 nitrogen and oxygen atoms in total. The van der Waals surface area contributed by atoms with E-state index in [1.165, 1.54) is 6.07 Å².